The number of aryl methyl sites for hydroxylation is 2. The van der Waals surface area contributed by atoms with Crippen molar-refractivity contribution in [3.63, 3.8) is 0 Å². The molecular formula is C18H19Cl. The van der Waals surface area contributed by atoms with E-state index in [0.717, 1.165) is 12.8 Å². The van der Waals surface area contributed by atoms with Gasteiger partial charge in [-0.15, -0.1) is 11.6 Å². The van der Waals surface area contributed by atoms with Crippen LogP contribution in [0.4, 0.5) is 0 Å². The molecule has 0 radical (unpaired) electrons. The van der Waals surface area contributed by atoms with Crippen LogP contribution < -0.4 is 0 Å². The van der Waals surface area contributed by atoms with Crippen molar-refractivity contribution < 1.29 is 0 Å². The van der Waals surface area contributed by atoms with E-state index in [1.165, 1.54) is 27.8 Å². The van der Waals surface area contributed by atoms with Gasteiger partial charge in [-0.25, -0.2) is 0 Å². The largest absolute Gasteiger partial charge is 0.117 e. The van der Waals surface area contributed by atoms with Crippen molar-refractivity contribution in [3.8, 4) is 0 Å². The van der Waals surface area contributed by atoms with Crippen LogP contribution >= 0.6 is 11.6 Å². The monoisotopic (exact) mass is 270 g/mol. The molecule has 0 amide bonds. The molecule has 0 heterocycles. The first kappa shape index (κ1) is 12.7. The summed E-state index contributed by atoms with van der Waals surface area (Å²) in [6.45, 7) is 4.30. The highest BCUT2D eigenvalue weighted by Gasteiger charge is 2.28. The lowest BCUT2D eigenvalue weighted by molar-refractivity contribution is 0.539. The predicted molar refractivity (Wildman–Crippen MR) is 81.9 cm³/mol. The fourth-order valence-electron chi connectivity index (χ4n) is 3.19. The van der Waals surface area contributed by atoms with Crippen LogP contribution in [0, 0.1) is 19.8 Å². The molecule has 0 N–H and O–H groups in total. The Morgan fingerprint density at radius 3 is 2.21 bits per heavy atom. The Bertz CT molecular complexity index is 575. The quantitative estimate of drug-likeness (QED) is 0.674. The number of rotatable bonds is 2. The second kappa shape index (κ2) is 5.02. The topological polar surface area (TPSA) is 0 Å². The fourth-order valence-corrected chi connectivity index (χ4v) is 3.61. The molecule has 0 bridgehead atoms. The van der Waals surface area contributed by atoms with E-state index in [1.807, 2.05) is 0 Å². The first-order chi connectivity index (χ1) is 9.15. The number of fused-ring (bicyclic) bond motifs is 1. The summed E-state index contributed by atoms with van der Waals surface area (Å²) in [6.07, 6.45) is 2.22. The standard InChI is InChI=1S/C18H19Cl/c1-12-7-8-17(13(2)9-12)18(19)16-10-14-5-3-4-6-15(14)11-16/h3-9,16,18H,10-11H2,1-2H3. The van der Waals surface area contributed by atoms with Crippen LogP contribution in [0.2, 0.25) is 0 Å². The van der Waals surface area contributed by atoms with Crippen molar-refractivity contribution in [2.75, 3.05) is 0 Å². The summed E-state index contributed by atoms with van der Waals surface area (Å²) in [4.78, 5) is 0. The molecule has 1 unspecified atom stereocenters. The first-order valence-corrected chi connectivity index (χ1v) is 7.37. The van der Waals surface area contributed by atoms with E-state index in [4.69, 9.17) is 11.6 Å². The molecule has 0 aliphatic heterocycles. The van der Waals surface area contributed by atoms with Gasteiger partial charge in [-0.1, -0.05) is 48.0 Å². The number of hydrogen-bond donors (Lipinski definition) is 0. The van der Waals surface area contributed by atoms with Gasteiger partial charge in [0.15, 0.2) is 0 Å². The molecular weight excluding hydrogens is 252 g/mol. The number of benzene rings is 2. The Labute approximate surface area is 120 Å². The molecule has 19 heavy (non-hydrogen) atoms. The number of hydrogen-bond acceptors (Lipinski definition) is 0. The van der Waals surface area contributed by atoms with Gasteiger partial charge in [-0.2, -0.15) is 0 Å². The zero-order valence-corrected chi connectivity index (χ0v) is 12.2. The van der Waals surface area contributed by atoms with Crippen molar-refractivity contribution in [2.24, 2.45) is 5.92 Å². The molecule has 0 saturated heterocycles. The Balaban J connectivity index is 1.85. The Morgan fingerprint density at radius 2 is 1.63 bits per heavy atom. The van der Waals surface area contributed by atoms with Crippen LogP contribution in [0.15, 0.2) is 42.5 Å². The maximum absolute atomic E-state index is 6.76. The van der Waals surface area contributed by atoms with E-state index >= 15 is 0 Å². The van der Waals surface area contributed by atoms with E-state index in [2.05, 4.69) is 56.3 Å². The average molecular weight is 271 g/mol. The normalized spacial score (nSPS) is 16.4. The van der Waals surface area contributed by atoms with Gasteiger partial charge in [-0.3, -0.25) is 0 Å². The number of alkyl halides is 1. The molecule has 0 aromatic heterocycles. The third kappa shape index (κ3) is 2.42. The van der Waals surface area contributed by atoms with E-state index in [9.17, 15) is 0 Å². The number of halogens is 1. The Hall–Kier alpha value is -1.27. The molecule has 0 nitrogen and oxygen atoms in total. The maximum atomic E-state index is 6.76. The molecule has 3 rings (SSSR count). The minimum atomic E-state index is 0.119. The van der Waals surface area contributed by atoms with Crippen molar-refractivity contribution in [3.05, 3.63) is 70.3 Å². The highest BCUT2D eigenvalue weighted by molar-refractivity contribution is 6.21. The van der Waals surface area contributed by atoms with Crippen molar-refractivity contribution in [1.82, 2.24) is 0 Å². The van der Waals surface area contributed by atoms with Gasteiger partial charge in [-0.05, 0) is 54.9 Å². The summed E-state index contributed by atoms with van der Waals surface area (Å²) in [5, 5.41) is 0.119. The van der Waals surface area contributed by atoms with E-state index < -0.39 is 0 Å². The highest BCUT2D eigenvalue weighted by Crippen LogP contribution is 2.40. The molecule has 1 atom stereocenters. The van der Waals surface area contributed by atoms with Gasteiger partial charge in [0, 0.05) is 0 Å². The van der Waals surface area contributed by atoms with Gasteiger partial charge in [0.2, 0.25) is 0 Å². The lowest BCUT2D eigenvalue weighted by atomic mass is 9.92. The van der Waals surface area contributed by atoms with Crippen LogP contribution in [0.3, 0.4) is 0 Å². The van der Waals surface area contributed by atoms with E-state index in [-0.39, 0.29) is 5.38 Å². The van der Waals surface area contributed by atoms with Gasteiger partial charge < -0.3 is 0 Å². The molecule has 1 heteroatoms. The highest BCUT2D eigenvalue weighted by atomic mass is 35.5. The lowest BCUT2D eigenvalue weighted by Gasteiger charge is -2.19. The molecule has 2 aromatic rings. The fraction of sp³-hybridized carbons (Fsp3) is 0.333. The molecule has 0 saturated carbocycles. The molecule has 0 fully saturated rings. The van der Waals surface area contributed by atoms with Crippen molar-refractivity contribution in [1.29, 1.82) is 0 Å². The molecule has 0 spiro atoms. The molecule has 1 aliphatic carbocycles. The third-order valence-electron chi connectivity index (χ3n) is 4.22. The second-order valence-electron chi connectivity index (χ2n) is 5.70. The summed E-state index contributed by atoms with van der Waals surface area (Å²) < 4.78 is 0. The summed E-state index contributed by atoms with van der Waals surface area (Å²) >= 11 is 6.76. The summed E-state index contributed by atoms with van der Waals surface area (Å²) in [6, 6.07) is 15.3. The average Bonchev–Trinajstić information content (AvgIpc) is 2.81. The van der Waals surface area contributed by atoms with Crippen LogP contribution in [0.1, 0.15) is 33.2 Å². The van der Waals surface area contributed by atoms with Crippen molar-refractivity contribution >= 4 is 11.6 Å². The molecule has 1 aliphatic rings. The third-order valence-corrected chi connectivity index (χ3v) is 4.81. The van der Waals surface area contributed by atoms with Crippen molar-refractivity contribution in [2.45, 2.75) is 32.1 Å². The summed E-state index contributed by atoms with van der Waals surface area (Å²) in [7, 11) is 0. The minimum Gasteiger partial charge on any atom is -0.117 e. The van der Waals surface area contributed by atoms with Gasteiger partial charge in [0.1, 0.15) is 0 Å². The Morgan fingerprint density at radius 1 is 1.00 bits per heavy atom. The maximum Gasteiger partial charge on any atom is 0.0622 e. The summed E-state index contributed by atoms with van der Waals surface area (Å²) in [5.41, 5.74) is 6.87. The predicted octanol–water partition coefficient (Wildman–Crippen LogP) is 5.00. The van der Waals surface area contributed by atoms with Crippen LogP contribution in [-0.4, -0.2) is 0 Å². The Kier molecular flexibility index (Phi) is 3.36. The molecule has 2 aromatic carbocycles. The van der Waals surface area contributed by atoms with Gasteiger partial charge in [0.25, 0.3) is 0 Å². The van der Waals surface area contributed by atoms with Gasteiger partial charge >= 0.3 is 0 Å². The first-order valence-electron chi connectivity index (χ1n) is 6.93. The smallest absolute Gasteiger partial charge is 0.0622 e. The van der Waals surface area contributed by atoms with E-state index in [1.54, 1.807) is 0 Å². The zero-order chi connectivity index (χ0) is 13.4. The SMILES string of the molecule is Cc1ccc(C(Cl)C2Cc3ccccc3C2)c(C)c1. The zero-order valence-electron chi connectivity index (χ0n) is 11.5. The van der Waals surface area contributed by atoms with Crippen LogP contribution in [0.5, 0.6) is 0 Å². The van der Waals surface area contributed by atoms with Crippen LogP contribution in [-0.2, 0) is 12.8 Å². The minimum absolute atomic E-state index is 0.119. The van der Waals surface area contributed by atoms with Gasteiger partial charge in [0.05, 0.1) is 5.38 Å². The summed E-state index contributed by atoms with van der Waals surface area (Å²) in [5.74, 6) is 0.528. The van der Waals surface area contributed by atoms with Crippen LogP contribution in [0.25, 0.3) is 0 Å². The van der Waals surface area contributed by atoms with E-state index in [0.29, 0.717) is 5.92 Å². The second-order valence-corrected chi connectivity index (χ2v) is 6.17. The lowest BCUT2D eigenvalue weighted by Crippen LogP contribution is -2.09. The molecule has 98 valence electrons.